The fourth-order valence-corrected chi connectivity index (χ4v) is 1.53. The summed E-state index contributed by atoms with van der Waals surface area (Å²) in [5.41, 5.74) is 0.405. The van der Waals surface area contributed by atoms with Gasteiger partial charge in [0, 0.05) is 18.3 Å². The number of hydrogen-bond acceptors (Lipinski definition) is 2. The highest BCUT2D eigenvalue weighted by Crippen LogP contribution is 2.11. The smallest absolute Gasteiger partial charge is 0.321 e. The van der Waals surface area contributed by atoms with Crippen LogP contribution in [0.2, 0.25) is 0 Å². The monoisotopic (exact) mass is 249 g/mol. The minimum atomic E-state index is -0.402. The summed E-state index contributed by atoms with van der Waals surface area (Å²) in [7, 11) is 0. The van der Waals surface area contributed by atoms with Crippen molar-refractivity contribution in [2.24, 2.45) is 0 Å². The number of halogens is 1. The standard InChI is InChI=1S/C13H16FN3O/c1-10(2)17(8-4-7-15)13(18)16-12-6-3-5-11(14)9-12/h3,5-6,9-10H,4,8H2,1-2H3,(H,16,18). The molecule has 4 nitrogen and oxygen atoms in total. The Kier molecular flexibility index (Phi) is 5.12. The Morgan fingerprint density at radius 3 is 2.83 bits per heavy atom. The van der Waals surface area contributed by atoms with Crippen LogP contribution in [0.25, 0.3) is 0 Å². The lowest BCUT2D eigenvalue weighted by atomic mass is 10.3. The average molecular weight is 249 g/mol. The molecule has 0 saturated carbocycles. The number of nitrogens with zero attached hydrogens (tertiary/aromatic N) is 2. The van der Waals surface area contributed by atoms with Crippen LogP contribution in [-0.2, 0) is 0 Å². The number of amides is 2. The highest BCUT2D eigenvalue weighted by Gasteiger charge is 2.16. The normalized spacial score (nSPS) is 9.94. The zero-order chi connectivity index (χ0) is 13.5. The molecule has 0 aromatic heterocycles. The summed E-state index contributed by atoms with van der Waals surface area (Å²) in [6.45, 7) is 4.08. The van der Waals surface area contributed by atoms with Gasteiger partial charge >= 0.3 is 6.03 Å². The highest BCUT2D eigenvalue weighted by molar-refractivity contribution is 5.89. The van der Waals surface area contributed by atoms with Crippen molar-refractivity contribution in [2.45, 2.75) is 26.3 Å². The molecule has 0 heterocycles. The Morgan fingerprint density at radius 2 is 2.28 bits per heavy atom. The van der Waals surface area contributed by atoms with Crippen molar-refractivity contribution < 1.29 is 9.18 Å². The van der Waals surface area contributed by atoms with Crippen LogP contribution in [0.4, 0.5) is 14.9 Å². The second-order valence-electron chi connectivity index (χ2n) is 4.14. The van der Waals surface area contributed by atoms with Gasteiger partial charge in [-0.05, 0) is 32.0 Å². The fraction of sp³-hybridized carbons (Fsp3) is 0.385. The Morgan fingerprint density at radius 1 is 1.56 bits per heavy atom. The zero-order valence-electron chi connectivity index (χ0n) is 10.5. The number of nitriles is 1. The van der Waals surface area contributed by atoms with Gasteiger partial charge in [-0.3, -0.25) is 0 Å². The molecule has 1 N–H and O–H groups in total. The van der Waals surface area contributed by atoms with E-state index in [1.807, 2.05) is 19.9 Å². The van der Waals surface area contributed by atoms with Crippen LogP contribution in [0.3, 0.4) is 0 Å². The van der Waals surface area contributed by atoms with Gasteiger partial charge in [-0.2, -0.15) is 5.26 Å². The van der Waals surface area contributed by atoms with Gasteiger partial charge < -0.3 is 10.2 Å². The number of carbonyl (C=O) groups is 1. The largest absolute Gasteiger partial charge is 0.322 e. The number of anilines is 1. The first kappa shape index (κ1) is 14.0. The predicted octanol–water partition coefficient (Wildman–Crippen LogP) is 2.98. The zero-order valence-corrected chi connectivity index (χ0v) is 10.5. The minimum absolute atomic E-state index is 0.0214. The van der Waals surface area contributed by atoms with E-state index in [9.17, 15) is 9.18 Å². The van der Waals surface area contributed by atoms with Gasteiger partial charge in [-0.1, -0.05) is 6.07 Å². The number of hydrogen-bond donors (Lipinski definition) is 1. The number of carbonyl (C=O) groups excluding carboxylic acids is 1. The van der Waals surface area contributed by atoms with E-state index >= 15 is 0 Å². The van der Waals surface area contributed by atoms with Crippen molar-refractivity contribution in [1.82, 2.24) is 4.90 Å². The Hall–Kier alpha value is -2.09. The first-order valence-corrected chi connectivity index (χ1v) is 5.74. The molecule has 0 unspecified atom stereocenters. The Labute approximate surface area is 106 Å². The maximum atomic E-state index is 13.0. The third kappa shape index (κ3) is 4.06. The number of rotatable bonds is 4. The molecular formula is C13H16FN3O. The Bertz CT molecular complexity index is 454. The summed E-state index contributed by atoms with van der Waals surface area (Å²) >= 11 is 0. The molecule has 18 heavy (non-hydrogen) atoms. The molecule has 1 rings (SSSR count). The van der Waals surface area contributed by atoms with Crippen LogP contribution in [-0.4, -0.2) is 23.5 Å². The van der Waals surface area contributed by atoms with Crippen LogP contribution in [0.5, 0.6) is 0 Å². The molecule has 0 fully saturated rings. The van der Waals surface area contributed by atoms with Crippen molar-refractivity contribution in [3.05, 3.63) is 30.1 Å². The average Bonchev–Trinajstić information content (AvgIpc) is 2.29. The third-order valence-electron chi connectivity index (χ3n) is 2.42. The van der Waals surface area contributed by atoms with Crippen molar-refractivity contribution in [3.8, 4) is 6.07 Å². The first-order valence-electron chi connectivity index (χ1n) is 5.74. The number of nitrogens with one attached hydrogen (secondary N) is 1. The highest BCUT2D eigenvalue weighted by atomic mass is 19.1. The maximum absolute atomic E-state index is 13.0. The van der Waals surface area contributed by atoms with Gasteiger partial charge in [0.05, 0.1) is 12.5 Å². The molecule has 0 bridgehead atoms. The number of urea groups is 1. The molecule has 0 atom stereocenters. The van der Waals surface area contributed by atoms with E-state index in [-0.39, 0.29) is 18.5 Å². The van der Waals surface area contributed by atoms with Gasteiger partial charge in [0.25, 0.3) is 0 Å². The van der Waals surface area contributed by atoms with E-state index in [4.69, 9.17) is 5.26 Å². The van der Waals surface area contributed by atoms with Crippen molar-refractivity contribution >= 4 is 11.7 Å². The first-order chi connectivity index (χ1) is 8.54. The summed E-state index contributed by atoms with van der Waals surface area (Å²) in [5, 5.41) is 11.2. The molecule has 0 spiro atoms. The maximum Gasteiger partial charge on any atom is 0.322 e. The lowest BCUT2D eigenvalue weighted by Crippen LogP contribution is -2.40. The van der Waals surface area contributed by atoms with Crippen LogP contribution in [0.15, 0.2) is 24.3 Å². The summed E-state index contributed by atoms with van der Waals surface area (Å²) in [5.74, 6) is -0.402. The van der Waals surface area contributed by atoms with E-state index in [0.717, 1.165) is 0 Å². The second-order valence-corrected chi connectivity index (χ2v) is 4.14. The lowest BCUT2D eigenvalue weighted by molar-refractivity contribution is 0.198. The van der Waals surface area contributed by atoms with Crippen molar-refractivity contribution in [3.63, 3.8) is 0 Å². The fourth-order valence-electron chi connectivity index (χ4n) is 1.53. The molecule has 1 aromatic carbocycles. The van der Waals surface area contributed by atoms with Gasteiger partial charge in [-0.25, -0.2) is 9.18 Å². The van der Waals surface area contributed by atoms with Crippen molar-refractivity contribution in [2.75, 3.05) is 11.9 Å². The summed E-state index contributed by atoms with van der Waals surface area (Å²) < 4.78 is 13.0. The van der Waals surface area contributed by atoms with E-state index in [2.05, 4.69) is 5.32 Å². The summed E-state index contributed by atoms with van der Waals surface area (Å²) in [6, 6.07) is 7.35. The summed E-state index contributed by atoms with van der Waals surface area (Å²) in [4.78, 5) is 13.5. The molecule has 1 aromatic rings. The van der Waals surface area contributed by atoms with Gasteiger partial charge in [0.15, 0.2) is 0 Å². The molecule has 2 amide bonds. The van der Waals surface area contributed by atoms with Gasteiger partial charge in [-0.15, -0.1) is 0 Å². The SMILES string of the molecule is CC(C)N(CCC#N)C(=O)Nc1cccc(F)c1. The molecule has 5 heteroatoms. The van der Waals surface area contributed by atoms with Crippen LogP contribution >= 0.6 is 0 Å². The quantitative estimate of drug-likeness (QED) is 0.891. The minimum Gasteiger partial charge on any atom is -0.321 e. The molecule has 96 valence electrons. The van der Waals surface area contributed by atoms with Gasteiger partial charge in [0.2, 0.25) is 0 Å². The lowest BCUT2D eigenvalue weighted by Gasteiger charge is -2.26. The molecule has 0 saturated heterocycles. The van der Waals surface area contributed by atoms with E-state index in [1.54, 1.807) is 6.07 Å². The molecular weight excluding hydrogens is 233 g/mol. The summed E-state index contributed by atoms with van der Waals surface area (Å²) in [6.07, 6.45) is 0.273. The molecule has 0 radical (unpaired) electrons. The van der Waals surface area contributed by atoms with E-state index in [1.165, 1.54) is 23.1 Å². The van der Waals surface area contributed by atoms with Crippen LogP contribution < -0.4 is 5.32 Å². The second kappa shape index (κ2) is 6.60. The molecule has 0 aliphatic heterocycles. The van der Waals surface area contributed by atoms with Gasteiger partial charge in [0.1, 0.15) is 5.82 Å². The molecule has 0 aliphatic rings. The topological polar surface area (TPSA) is 56.1 Å². The van der Waals surface area contributed by atoms with Crippen LogP contribution in [0, 0.1) is 17.1 Å². The van der Waals surface area contributed by atoms with E-state index < -0.39 is 5.82 Å². The van der Waals surface area contributed by atoms with E-state index in [0.29, 0.717) is 12.2 Å². The third-order valence-corrected chi connectivity index (χ3v) is 2.42. The van der Waals surface area contributed by atoms with Crippen LogP contribution in [0.1, 0.15) is 20.3 Å². The van der Waals surface area contributed by atoms with Crippen molar-refractivity contribution in [1.29, 1.82) is 5.26 Å². The predicted molar refractivity (Wildman–Crippen MR) is 67.5 cm³/mol. The Balaban J connectivity index is 2.70. The molecule has 0 aliphatic carbocycles. The number of benzene rings is 1.